The molecule has 0 atom stereocenters. The molecule has 1 aromatic carbocycles. The van der Waals surface area contributed by atoms with Gasteiger partial charge in [-0.3, -0.25) is 0 Å². The molecule has 1 aliphatic rings. The van der Waals surface area contributed by atoms with Crippen LogP contribution in [0.25, 0.3) is 0 Å². The third-order valence-electron chi connectivity index (χ3n) is 3.90. The van der Waals surface area contributed by atoms with E-state index in [1.807, 2.05) is 0 Å². The molecule has 0 unspecified atom stereocenters. The van der Waals surface area contributed by atoms with Gasteiger partial charge in [0.1, 0.15) is 0 Å². The fraction of sp³-hybridized carbons (Fsp3) is 0.316. The second kappa shape index (κ2) is 8.55. The Hall–Kier alpha value is -2.27. The highest BCUT2D eigenvalue weighted by atomic mass is 32.1. The third-order valence-corrected chi connectivity index (χ3v) is 4.63. The molecule has 3 rings (SSSR count). The number of nitrogens with one attached hydrogen (secondary N) is 2. The van der Waals surface area contributed by atoms with Gasteiger partial charge in [-0.25, -0.2) is 4.99 Å². The number of benzene rings is 1. The smallest absolute Gasteiger partial charge is 0.191 e. The highest BCUT2D eigenvalue weighted by Crippen LogP contribution is 2.18. The van der Waals surface area contributed by atoms with Gasteiger partial charge in [0.05, 0.1) is 6.54 Å². The molecule has 0 saturated heterocycles. The normalized spacial score (nSPS) is 14.2. The van der Waals surface area contributed by atoms with Crippen LogP contribution in [0.2, 0.25) is 0 Å². The lowest BCUT2D eigenvalue weighted by atomic mass is 10.2. The van der Waals surface area contributed by atoms with Crippen LogP contribution in [0.15, 0.2) is 58.2 Å². The van der Waals surface area contributed by atoms with Gasteiger partial charge < -0.3 is 15.5 Å². The summed E-state index contributed by atoms with van der Waals surface area (Å²) in [4.78, 5) is 7.01. The number of nitrogens with zero attached hydrogens (tertiary/aromatic N) is 2. The van der Waals surface area contributed by atoms with Crippen molar-refractivity contribution >= 4 is 23.0 Å². The van der Waals surface area contributed by atoms with Gasteiger partial charge in [0.25, 0.3) is 0 Å². The summed E-state index contributed by atoms with van der Waals surface area (Å²) in [6.07, 6.45) is 4.43. The number of hydrogen-bond acceptors (Lipinski definition) is 3. The third kappa shape index (κ3) is 4.61. The molecule has 4 nitrogen and oxygen atoms in total. The molecule has 5 heteroatoms. The lowest BCUT2D eigenvalue weighted by molar-refractivity contribution is 0.816. The van der Waals surface area contributed by atoms with Gasteiger partial charge in [-0.1, -0.05) is 24.3 Å². The molecule has 0 bridgehead atoms. The van der Waals surface area contributed by atoms with Crippen molar-refractivity contribution in [3.8, 4) is 0 Å². The Balaban J connectivity index is 1.59. The molecule has 2 heterocycles. The molecular formula is C19H24N4S. The standard InChI is InChI=1S/C19H24N4S/c1-2-20-19(22-14-17-8-11-24-15-17)21-13-16-6-5-7-18(12-16)23-9-3-4-10-23/h3-8,11-12,15H,2,9-10,13-14H2,1H3,(H2,20,21,22). The molecule has 2 N–H and O–H groups in total. The van der Waals surface area contributed by atoms with Crippen LogP contribution in [-0.4, -0.2) is 25.6 Å². The van der Waals surface area contributed by atoms with Crippen LogP contribution >= 0.6 is 11.3 Å². The van der Waals surface area contributed by atoms with Gasteiger partial charge in [0.2, 0.25) is 0 Å². The molecule has 0 amide bonds. The van der Waals surface area contributed by atoms with E-state index < -0.39 is 0 Å². The monoisotopic (exact) mass is 340 g/mol. The number of thiophene rings is 1. The minimum Gasteiger partial charge on any atom is -0.364 e. The molecule has 1 aliphatic heterocycles. The van der Waals surface area contributed by atoms with Crippen LogP contribution in [0.5, 0.6) is 0 Å². The van der Waals surface area contributed by atoms with Crippen LogP contribution in [0.4, 0.5) is 5.69 Å². The Morgan fingerprint density at radius 3 is 2.79 bits per heavy atom. The lowest BCUT2D eigenvalue weighted by Crippen LogP contribution is -2.36. The van der Waals surface area contributed by atoms with Crippen molar-refractivity contribution in [1.29, 1.82) is 0 Å². The quantitative estimate of drug-likeness (QED) is 0.481. The van der Waals surface area contributed by atoms with Gasteiger partial charge in [0.15, 0.2) is 5.96 Å². The predicted molar refractivity (Wildman–Crippen MR) is 104 cm³/mol. The number of hydrogen-bond donors (Lipinski definition) is 2. The molecule has 0 spiro atoms. The topological polar surface area (TPSA) is 39.7 Å². The van der Waals surface area contributed by atoms with E-state index in [9.17, 15) is 0 Å². The fourth-order valence-electron chi connectivity index (χ4n) is 2.63. The first-order valence-corrected chi connectivity index (χ1v) is 9.31. The Morgan fingerprint density at radius 1 is 1.17 bits per heavy atom. The van der Waals surface area contributed by atoms with Gasteiger partial charge >= 0.3 is 0 Å². The zero-order chi connectivity index (χ0) is 16.6. The molecule has 0 saturated carbocycles. The van der Waals surface area contributed by atoms with Crippen molar-refractivity contribution in [2.24, 2.45) is 4.99 Å². The van der Waals surface area contributed by atoms with Gasteiger partial charge in [-0.05, 0) is 47.0 Å². The summed E-state index contributed by atoms with van der Waals surface area (Å²) in [5.74, 6) is 0.858. The van der Waals surface area contributed by atoms with E-state index in [1.54, 1.807) is 11.3 Å². The molecule has 1 aromatic heterocycles. The van der Waals surface area contributed by atoms with Gasteiger partial charge in [-0.15, -0.1) is 0 Å². The van der Waals surface area contributed by atoms with Crippen LogP contribution in [0.1, 0.15) is 18.1 Å². The predicted octanol–water partition coefficient (Wildman–Crippen LogP) is 3.38. The maximum atomic E-state index is 4.65. The zero-order valence-electron chi connectivity index (χ0n) is 14.0. The van der Waals surface area contributed by atoms with Crippen molar-refractivity contribution < 1.29 is 0 Å². The summed E-state index contributed by atoms with van der Waals surface area (Å²) in [5, 5.41) is 11.0. The lowest BCUT2D eigenvalue weighted by Gasteiger charge is -2.19. The van der Waals surface area contributed by atoms with Crippen molar-refractivity contribution in [3.63, 3.8) is 0 Å². The van der Waals surface area contributed by atoms with E-state index in [0.29, 0.717) is 6.54 Å². The molecule has 126 valence electrons. The summed E-state index contributed by atoms with van der Waals surface area (Å²) in [6.45, 7) is 6.42. The average molecular weight is 340 g/mol. The van der Waals surface area contributed by atoms with E-state index in [-0.39, 0.29) is 0 Å². The number of guanidine groups is 1. The van der Waals surface area contributed by atoms with Gasteiger partial charge in [0, 0.05) is 31.9 Å². The van der Waals surface area contributed by atoms with Crippen molar-refractivity contribution in [1.82, 2.24) is 10.6 Å². The van der Waals surface area contributed by atoms with E-state index in [2.05, 4.69) is 80.7 Å². The minimum atomic E-state index is 0.707. The maximum absolute atomic E-state index is 4.65. The fourth-order valence-corrected chi connectivity index (χ4v) is 3.29. The van der Waals surface area contributed by atoms with Crippen molar-refractivity contribution in [2.75, 3.05) is 24.5 Å². The summed E-state index contributed by atoms with van der Waals surface area (Å²) in [6, 6.07) is 10.8. The summed E-state index contributed by atoms with van der Waals surface area (Å²) < 4.78 is 0. The van der Waals surface area contributed by atoms with E-state index in [4.69, 9.17) is 0 Å². The Morgan fingerprint density at radius 2 is 2.04 bits per heavy atom. The number of aliphatic imine (C=N–C) groups is 1. The molecular weight excluding hydrogens is 316 g/mol. The van der Waals surface area contributed by atoms with Crippen LogP contribution < -0.4 is 15.5 Å². The molecule has 2 aromatic rings. The molecule has 24 heavy (non-hydrogen) atoms. The minimum absolute atomic E-state index is 0.707. The summed E-state index contributed by atoms with van der Waals surface area (Å²) >= 11 is 1.71. The molecule has 0 aliphatic carbocycles. The van der Waals surface area contributed by atoms with Crippen LogP contribution in [0.3, 0.4) is 0 Å². The van der Waals surface area contributed by atoms with Crippen LogP contribution in [0, 0.1) is 0 Å². The SMILES string of the molecule is CCNC(=NCc1ccsc1)NCc1cccc(N2CC=CC2)c1. The van der Waals surface area contributed by atoms with Gasteiger partial charge in [-0.2, -0.15) is 11.3 Å². The first-order valence-electron chi connectivity index (χ1n) is 8.37. The largest absolute Gasteiger partial charge is 0.364 e. The maximum Gasteiger partial charge on any atom is 0.191 e. The number of anilines is 1. The number of rotatable bonds is 6. The highest BCUT2D eigenvalue weighted by molar-refractivity contribution is 7.07. The Labute approximate surface area is 147 Å². The molecule has 0 fully saturated rings. The first-order chi connectivity index (χ1) is 11.8. The highest BCUT2D eigenvalue weighted by Gasteiger charge is 2.08. The van der Waals surface area contributed by atoms with Crippen LogP contribution in [-0.2, 0) is 13.1 Å². The Bertz CT molecular complexity index is 683. The first kappa shape index (κ1) is 16.6. The summed E-state index contributed by atoms with van der Waals surface area (Å²) in [5.41, 5.74) is 3.79. The molecule has 0 radical (unpaired) electrons. The second-order valence-corrected chi connectivity index (χ2v) is 6.51. The second-order valence-electron chi connectivity index (χ2n) is 5.73. The zero-order valence-corrected chi connectivity index (χ0v) is 14.9. The average Bonchev–Trinajstić information content (AvgIpc) is 3.31. The summed E-state index contributed by atoms with van der Waals surface area (Å²) in [7, 11) is 0. The van der Waals surface area contributed by atoms with E-state index >= 15 is 0 Å². The van der Waals surface area contributed by atoms with E-state index in [1.165, 1.54) is 16.8 Å². The van der Waals surface area contributed by atoms with Crippen molar-refractivity contribution in [2.45, 2.75) is 20.0 Å². The van der Waals surface area contributed by atoms with Crippen molar-refractivity contribution in [3.05, 3.63) is 64.4 Å². The van der Waals surface area contributed by atoms with E-state index in [0.717, 1.165) is 32.1 Å². The Kier molecular flexibility index (Phi) is 5.90.